The van der Waals surface area contributed by atoms with E-state index in [-0.39, 0.29) is 6.10 Å². The third kappa shape index (κ3) is 4.26. The summed E-state index contributed by atoms with van der Waals surface area (Å²) in [5.41, 5.74) is 1.80. The zero-order valence-corrected chi connectivity index (χ0v) is 13.7. The van der Waals surface area contributed by atoms with Crippen molar-refractivity contribution < 1.29 is 4.74 Å². The summed E-state index contributed by atoms with van der Waals surface area (Å²) in [5.74, 6) is 1.62. The molecule has 7 heteroatoms. The Kier molecular flexibility index (Phi) is 5.24. The lowest BCUT2D eigenvalue weighted by atomic mass is 10.1. The third-order valence-corrected chi connectivity index (χ3v) is 4.87. The zero-order chi connectivity index (χ0) is 14.5. The predicted molar refractivity (Wildman–Crippen MR) is 89.6 cm³/mol. The van der Waals surface area contributed by atoms with Crippen LogP contribution < -0.4 is 14.8 Å². The number of nitrogens with one attached hydrogen (secondary N) is 2. The van der Waals surface area contributed by atoms with Gasteiger partial charge in [0.25, 0.3) is 0 Å². The van der Waals surface area contributed by atoms with Crippen LogP contribution in [-0.2, 0) is 0 Å². The number of anilines is 1. The molecule has 1 saturated heterocycles. The Bertz CT molecular complexity index is 574. The van der Waals surface area contributed by atoms with Gasteiger partial charge in [-0.05, 0) is 56.1 Å². The molecular weight excluding hydrogens is 326 g/mol. The number of piperidine rings is 1. The SMILES string of the molecule is Clc1cc(SNc2cscn2)ccc1OC1CCNCC1. The van der Waals surface area contributed by atoms with Crippen LogP contribution in [0.25, 0.3) is 0 Å². The molecule has 1 aliphatic heterocycles. The van der Waals surface area contributed by atoms with Crippen molar-refractivity contribution in [3.05, 3.63) is 34.1 Å². The molecule has 0 bridgehead atoms. The van der Waals surface area contributed by atoms with Crippen LogP contribution in [0.1, 0.15) is 12.8 Å². The first-order valence-corrected chi connectivity index (χ1v) is 8.93. The summed E-state index contributed by atoms with van der Waals surface area (Å²) in [4.78, 5) is 5.20. The molecule has 0 radical (unpaired) electrons. The van der Waals surface area contributed by atoms with E-state index < -0.39 is 0 Å². The van der Waals surface area contributed by atoms with E-state index in [2.05, 4.69) is 15.0 Å². The highest BCUT2D eigenvalue weighted by Crippen LogP contribution is 2.31. The Morgan fingerprint density at radius 3 is 2.95 bits per heavy atom. The average Bonchev–Trinajstić information content (AvgIpc) is 3.02. The van der Waals surface area contributed by atoms with Gasteiger partial charge in [-0.15, -0.1) is 11.3 Å². The fraction of sp³-hybridized carbons (Fsp3) is 0.357. The molecule has 1 fully saturated rings. The lowest BCUT2D eigenvalue weighted by Gasteiger charge is -2.24. The molecule has 1 aromatic heterocycles. The molecule has 0 amide bonds. The van der Waals surface area contributed by atoms with Crippen LogP contribution in [0.3, 0.4) is 0 Å². The molecule has 112 valence electrons. The number of nitrogens with zero attached hydrogens (tertiary/aromatic N) is 1. The summed E-state index contributed by atoms with van der Waals surface area (Å²) in [6.07, 6.45) is 2.31. The Labute approximate surface area is 137 Å². The van der Waals surface area contributed by atoms with E-state index in [1.165, 1.54) is 11.9 Å². The first kappa shape index (κ1) is 15.0. The minimum absolute atomic E-state index is 0.260. The van der Waals surface area contributed by atoms with Gasteiger partial charge in [0.1, 0.15) is 17.7 Å². The lowest BCUT2D eigenvalue weighted by Crippen LogP contribution is -2.34. The summed E-state index contributed by atoms with van der Waals surface area (Å²) in [7, 11) is 0. The van der Waals surface area contributed by atoms with Crippen LogP contribution in [0.4, 0.5) is 5.82 Å². The fourth-order valence-electron chi connectivity index (χ4n) is 2.11. The van der Waals surface area contributed by atoms with Gasteiger partial charge in [-0.2, -0.15) is 0 Å². The predicted octanol–water partition coefficient (Wildman–Crippen LogP) is 4.05. The Morgan fingerprint density at radius 2 is 2.24 bits per heavy atom. The van der Waals surface area contributed by atoms with Gasteiger partial charge in [0.2, 0.25) is 0 Å². The number of halogens is 1. The summed E-state index contributed by atoms with van der Waals surface area (Å²) in [5, 5.41) is 5.94. The van der Waals surface area contributed by atoms with E-state index in [0.29, 0.717) is 5.02 Å². The quantitative estimate of drug-likeness (QED) is 0.803. The number of thiazole rings is 1. The number of rotatable bonds is 5. The molecule has 3 rings (SSSR count). The number of aromatic nitrogens is 1. The van der Waals surface area contributed by atoms with E-state index in [4.69, 9.17) is 16.3 Å². The van der Waals surface area contributed by atoms with Crippen molar-refractivity contribution in [2.45, 2.75) is 23.8 Å². The summed E-state index contributed by atoms with van der Waals surface area (Å²) < 4.78 is 9.16. The highest BCUT2D eigenvalue weighted by molar-refractivity contribution is 8.00. The van der Waals surface area contributed by atoms with Gasteiger partial charge >= 0.3 is 0 Å². The summed E-state index contributed by atoms with van der Waals surface area (Å²) in [6, 6.07) is 5.86. The Hall–Kier alpha value is -0.950. The number of ether oxygens (including phenoxy) is 1. The van der Waals surface area contributed by atoms with Crippen molar-refractivity contribution >= 4 is 40.7 Å². The van der Waals surface area contributed by atoms with Crippen molar-refractivity contribution in [3.8, 4) is 5.75 Å². The fourth-order valence-corrected chi connectivity index (χ4v) is 3.60. The molecule has 4 nitrogen and oxygen atoms in total. The second kappa shape index (κ2) is 7.35. The monoisotopic (exact) mass is 341 g/mol. The number of benzene rings is 1. The van der Waals surface area contributed by atoms with E-state index in [9.17, 15) is 0 Å². The molecule has 0 saturated carbocycles. The Morgan fingerprint density at radius 1 is 1.38 bits per heavy atom. The first-order chi connectivity index (χ1) is 10.3. The minimum Gasteiger partial charge on any atom is -0.489 e. The molecule has 2 heterocycles. The summed E-state index contributed by atoms with van der Waals surface area (Å²) >= 11 is 9.37. The molecule has 2 aromatic rings. The molecular formula is C14H16ClN3OS2. The molecule has 2 N–H and O–H groups in total. The minimum atomic E-state index is 0.260. The van der Waals surface area contributed by atoms with Crippen LogP contribution in [-0.4, -0.2) is 24.2 Å². The molecule has 0 spiro atoms. The second-order valence-electron chi connectivity index (χ2n) is 4.74. The van der Waals surface area contributed by atoms with E-state index in [1.54, 1.807) is 16.8 Å². The van der Waals surface area contributed by atoms with E-state index >= 15 is 0 Å². The highest BCUT2D eigenvalue weighted by Gasteiger charge is 2.16. The standard InChI is InChI=1S/C14H16ClN3OS2/c15-12-7-11(21-18-14-8-20-9-17-14)1-2-13(12)19-10-3-5-16-6-4-10/h1-2,7-10,16,18H,3-6H2. The zero-order valence-electron chi connectivity index (χ0n) is 11.3. The lowest BCUT2D eigenvalue weighted by molar-refractivity contribution is 0.162. The average molecular weight is 342 g/mol. The van der Waals surface area contributed by atoms with Crippen molar-refractivity contribution in [1.82, 2.24) is 10.3 Å². The van der Waals surface area contributed by atoms with Gasteiger partial charge < -0.3 is 14.8 Å². The van der Waals surface area contributed by atoms with Crippen molar-refractivity contribution in [2.75, 3.05) is 17.8 Å². The molecule has 0 unspecified atom stereocenters. The van der Waals surface area contributed by atoms with Gasteiger partial charge in [-0.3, -0.25) is 0 Å². The van der Waals surface area contributed by atoms with Crippen molar-refractivity contribution in [1.29, 1.82) is 0 Å². The van der Waals surface area contributed by atoms with Crippen LogP contribution in [0.15, 0.2) is 34.0 Å². The molecule has 0 aliphatic carbocycles. The Balaban J connectivity index is 1.59. The second-order valence-corrected chi connectivity index (χ2v) is 6.74. The van der Waals surface area contributed by atoms with Gasteiger partial charge in [-0.1, -0.05) is 11.6 Å². The van der Waals surface area contributed by atoms with Crippen molar-refractivity contribution in [3.63, 3.8) is 0 Å². The maximum absolute atomic E-state index is 6.31. The van der Waals surface area contributed by atoms with Gasteiger partial charge in [-0.25, -0.2) is 4.98 Å². The van der Waals surface area contributed by atoms with Crippen LogP contribution >= 0.6 is 34.9 Å². The summed E-state index contributed by atoms with van der Waals surface area (Å²) in [6.45, 7) is 2.02. The normalized spacial score (nSPS) is 15.9. The maximum Gasteiger partial charge on any atom is 0.147 e. The van der Waals surface area contributed by atoms with Crippen LogP contribution in [0, 0.1) is 0 Å². The first-order valence-electron chi connectivity index (χ1n) is 6.79. The third-order valence-electron chi connectivity index (χ3n) is 3.19. The smallest absolute Gasteiger partial charge is 0.147 e. The van der Waals surface area contributed by atoms with E-state index in [1.807, 2.05) is 23.6 Å². The molecule has 1 aromatic carbocycles. The largest absolute Gasteiger partial charge is 0.489 e. The van der Waals surface area contributed by atoms with Crippen LogP contribution in [0.2, 0.25) is 5.02 Å². The van der Waals surface area contributed by atoms with Gasteiger partial charge in [0, 0.05) is 10.3 Å². The van der Waals surface area contributed by atoms with Crippen molar-refractivity contribution in [2.24, 2.45) is 0 Å². The molecule has 21 heavy (non-hydrogen) atoms. The number of hydrogen-bond acceptors (Lipinski definition) is 6. The number of hydrogen-bond donors (Lipinski definition) is 2. The van der Waals surface area contributed by atoms with Crippen LogP contribution in [0.5, 0.6) is 5.75 Å². The van der Waals surface area contributed by atoms with E-state index in [0.717, 1.165) is 42.4 Å². The topological polar surface area (TPSA) is 46.2 Å². The molecule has 0 atom stereocenters. The van der Waals surface area contributed by atoms with Gasteiger partial charge in [0.15, 0.2) is 0 Å². The highest BCUT2D eigenvalue weighted by atomic mass is 35.5. The maximum atomic E-state index is 6.31. The van der Waals surface area contributed by atoms with Gasteiger partial charge in [0.05, 0.1) is 10.5 Å². The molecule has 1 aliphatic rings.